The number of hydrogen-bond donors (Lipinski definition) is 0. The van der Waals surface area contributed by atoms with Crippen LogP contribution in [0.1, 0.15) is 30.7 Å². The second-order valence-corrected chi connectivity index (χ2v) is 5.58. The van der Waals surface area contributed by atoms with Gasteiger partial charge >= 0.3 is 0 Å². The van der Waals surface area contributed by atoms with Crippen LogP contribution in [-0.4, -0.2) is 0 Å². The van der Waals surface area contributed by atoms with Gasteiger partial charge in [-0.05, 0) is 42.4 Å². The van der Waals surface area contributed by atoms with Crippen molar-refractivity contribution in [3.63, 3.8) is 0 Å². The Morgan fingerprint density at radius 3 is 2.47 bits per heavy atom. The zero-order valence-corrected chi connectivity index (χ0v) is 10.8. The molecule has 1 fully saturated rings. The Hall–Kier alpha value is 0.0900. The van der Waals surface area contributed by atoms with Gasteiger partial charge in [0.1, 0.15) is 0 Å². The average Bonchev–Trinajstić information content (AvgIpc) is 2.99. The van der Waals surface area contributed by atoms with Crippen molar-refractivity contribution < 1.29 is 0 Å². The Labute approximate surface area is 106 Å². The topological polar surface area (TPSA) is 0 Å². The lowest BCUT2D eigenvalue weighted by Crippen LogP contribution is -2.06. The highest BCUT2D eigenvalue weighted by Gasteiger charge is 2.33. The van der Waals surface area contributed by atoms with Crippen LogP contribution < -0.4 is 0 Å². The minimum Gasteiger partial charge on any atom is -0.117 e. The summed E-state index contributed by atoms with van der Waals surface area (Å²) in [6.07, 6.45) is 2.60. The number of alkyl halides is 1. The summed E-state index contributed by atoms with van der Waals surface area (Å²) in [5, 5.41) is 1.34. The molecule has 2 atom stereocenters. The van der Waals surface area contributed by atoms with Gasteiger partial charge in [-0.2, -0.15) is 0 Å². The highest BCUT2D eigenvalue weighted by molar-refractivity contribution is 6.35. The number of benzene rings is 1. The Morgan fingerprint density at radius 1 is 1.27 bits per heavy atom. The minimum absolute atomic E-state index is 0.00210. The molecule has 3 heteroatoms. The molecule has 1 saturated carbocycles. The summed E-state index contributed by atoms with van der Waals surface area (Å²) in [4.78, 5) is 0. The minimum atomic E-state index is 0.00210. The standard InChI is InChI=1S/C12H13Cl3/c1-7(8-2-3-8)12(15)10-5-4-9(13)6-11(10)14/h4-8,12H,2-3H2,1H3. The summed E-state index contributed by atoms with van der Waals surface area (Å²) in [5.41, 5.74) is 1.00. The van der Waals surface area contributed by atoms with Gasteiger partial charge in [0.25, 0.3) is 0 Å². The molecule has 2 unspecified atom stereocenters. The molecular formula is C12H13Cl3. The fraction of sp³-hybridized carbons (Fsp3) is 0.500. The lowest BCUT2D eigenvalue weighted by atomic mass is 9.96. The van der Waals surface area contributed by atoms with Gasteiger partial charge in [0, 0.05) is 10.0 Å². The van der Waals surface area contributed by atoms with Crippen LogP contribution in [0.4, 0.5) is 0 Å². The lowest BCUT2D eigenvalue weighted by molar-refractivity contribution is 0.491. The maximum atomic E-state index is 6.42. The molecule has 0 aliphatic heterocycles. The third-order valence-corrected chi connectivity index (χ3v) is 4.28. The Balaban J connectivity index is 2.20. The first-order chi connectivity index (χ1) is 7.09. The Morgan fingerprint density at radius 2 is 1.93 bits per heavy atom. The Kier molecular flexibility index (Phi) is 3.49. The van der Waals surface area contributed by atoms with E-state index in [1.807, 2.05) is 12.1 Å². The van der Waals surface area contributed by atoms with E-state index in [-0.39, 0.29) is 5.38 Å². The molecule has 1 aliphatic rings. The van der Waals surface area contributed by atoms with Gasteiger partial charge < -0.3 is 0 Å². The van der Waals surface area contributed by atoms with Crippen LogP contribution in [0.2, 0.25) is 10.0 Å². The largest absolute Gasteiger partial charge is 0.117 e. The number of halogens is 3. The van der Waals surface area contributed by atoms with Gasteiger partial charge in [-0.1, -0.05) is 36.2 Å². The molecule has 15 heavy (non-hydrogen) atoms. The average molecular weight is 264 g/mol. The van der Waals surface area contributed by atoms with Crippen LogP contribution in [0.5, 0.6) is 0 Å². The van der Waals surface area contributed by atoms with Crippen LogP contribution >= 0.6 is 34.8 Å². The van der Waals surface area contributed by atoms with E-state index in [1.54, 1.807) is 6.07 Å². The predicted molar refractivity (Wildman–Crippen MR) is 66.9 cm³/mol. The van der Waals surface area contributed by atoms with Crippen molar-refractivity contribution in [1.82, 2.24) is 0 Å². The molecule has 0 N–H and O–H groups in total. The Bertz CT molecular complexity index is 358. The molecule has 0 radical (unpaired) electrons. The summed E-state index contributed by atoms with van der Waals surface area (Å²) < 4.78 is 0. The van der Waals surface area contributed by atoms with Crippen molar-refractivity contribution in [3.8, 4) is 0 Å². The van der Waals surface area contributed by atoms with Gasteiger partial charge in [-0.15, -0.1) is 11.6 Å². The monoisotopic (exact) mass is 262 g/mol. The van der Waals surface area contributed by atoms with Crippen molar-refractivity contribution in [3.05, 3.63) is 33.8 Å². The van der Waals surface area contributed by atoms with Crippen LogP contribution in [0, 0.1) is 11.8 Å². The third kappa shape index (κ3) is 2.61. The van der Waals surface area contributed by atoms with E-state index >= 15 is 0 Å². The zero-order valence-electron chi connectivity index (χ0n) is 8.51. The van der Waals surface area contributed by atoms with E-state index in [0.717, 1.165) is 11.5 Å². The predicted octanol–water partition coefficient (Wildman–Crippen LogP) is 5.32. The molecule has 0 bridgehead atoms. The second kappa shape index (κ2) is 4.53. The van der Waals surface area contributed by atoms with Gasteiger partial charge in [0.05, 0.1) is 5.38 Å². The zero-order chi connectivity index (χ0) is 11.0. The molecule has 0 heterocycles. The number of hydrogen-bond acceptors (Lipinski definition) is 0. The molecule has 1 aromatic carbocycles. The van der Waals surface area contributed by atoms with Crippen molar-refractivity contribution in [1.29, 1.82) is 0 Å². The molecule has 2 rings (SSSR count). The van der Waals surface area contributed by atoms with E-state index in [2.05, 4.69) is 6.92 Å². The fourth-order valence-corrected chi connectivity index (χ4v) is 2.85. The second-order valence-electron chi connectivity index (χ2n) is 4.26. The highest BCUT2D eigenvalue weighted by Crippen LogP contribution is 2.46. The summed E-state index contributed by atoms with van der Waals surface area (Å²) in [7, 11) is 0. The van der Waals surface area contributed by atoms with Crippen LogP contribution in [-0.2, 0) is 0 Å². The maximum Gasteiger partial charge on any atom is 0.0628 e. The van der Waals surface area contributed by atoms with Crippen LogP contribution in [0.25, 0.3) is 0 Å². The summed E-state index contributed by atoms with van der Waals surface area (Å²) in [5.74, 6) is 1.27. The van der Waals surface area contributed by atoms with E-state index in [9.17, 15) is 0 Å². The fourth-order valence-electron chi connectivity index (χ4n) is 1.87. The van der Waals surface area contributed by atoms with Gasteiger partial charge in [-0.3, -0.25) is 0 Å². The highest BCUT2D eigenvalue weighted by atomic mass is 35.5. The first-order valence-electron chi connectivity index (χ1n) is 5.18. The third-order valence-electron chi connectivity index (χ3n) is 3.09. The van der Waals surface area contributed by atoms with Gasteiger partial charge in [0.2, 0.25) is 0 Å². The summed E-state index contributed by atoms with van der Waals surface area (Å²) in [6.45, 7) is 2.19. The summed E-state index contributed by atoms with van der Waals surface area (Å²) >= 11 is 18.4. The maximum absolute atomic E-state index is 6.42. The molecule has 1 aromatic rings. The SMILES string of the molecule is CC(C1CC1)C(Cl)c1ccc(Cl)cc1Cl. The summed E-state index contributed by atoms with van der Waals surface area (Å²) in [6, 6.07) is 5.53. The normalized spacial score (nSPS) is 20.0. The van der Waals surface area contributed by atoms with Gasteiger partial charge in [0.15, 0.2) is 0 Å². The molecule has 1 aliphatic carbocycles. The first-order valence-corrected chi connectivity index (χ1v) is 6.38. The smallest absolute Gasteiger partial charge is 0.0628 e. The first kappa shape index (κ1) is 11.6. The van der Waals surface area contributed by atoms with Crippen molar-refractivity contribution in [2.45, 2.75) is 25.1 Å². The van der Waals surface area contributed by atoms with Gasteiger partial charge in [-0.25, -0.2) is 0 Å². The molecule has 0 spiro atoms. The van der Waals surface area contributed by atoms with Crippen molar-refractivity contribution in [2.24, 2.45) is 11.8 Å². The van der Waals surface area contributed by atoms with E-state index < -0.39 is 0 Å². The molecule has 82 valence electrons. The van der Waals surface area contributed by atoms with E-state index in [4.69, 9.17) is 34.8 Å². The van der Waals surface area contributed by atoms with Crippen LogP contribution in [0.3, 0.4) is 0 Å². The molecule has 0 nitrogen and oxygen atoms in total. The van der Waals surface area contributed by atoms with Crippen LogP contribution in [0.15, 0.2) is 18.2 Å². The molecule has 0 saturated heterocycles. The quantitative estimate of drug-likeness (QED) is 0.648. The lowest BCUT2D eigenvalue weighted by Gasteiger charge is -2.19. The molecule has 0 aromatic heterocycles. The number of rotatable bonds is 3. The van der Waals surface area contributed by atoms with Crippen molar-refractivity contribution >= 4 is 34.8 Å². The van der Waals surface area contributed by atoms with E-state index in [0.29, 0.717) is 16.0 Å². The molecular weight excluding hydrogens is 250 g/mol. The van der Waals surface area contributed by atoms with Crippen molar-refractivity contribution in [2.75, 3.05) is 0 Å². The molecule has 0 amide bonds. The van der Waals surface area contributed by atoms with E-state index in [1.165, 1.54) is 12.8 Å².